The lowest BCUT2D eigenvalue weighted by Gasteiger charge is -2.19. The predicted molar refractivity (Wildman–Crippen MR) is 49.8 cm³/mol. The molecule has 0 aromatic heterocycles. The quantitative estimate of drug-likeness (QED) is 0.248. The molecule has 4 N–H and O–H groups in total. The zero-order valence-electron chi connectivity index (χ0n) is 7.86. The van der Waals surface area contributed by atoms with Crippen LogP contribution in [-0.4, -0.2) is 36.3 Å². The molecule has 1 fully saturated rings. The minimum absolute atomic E-state index is 0.0447. The highest BCUT2D eigenvalue weighted by molar-refractivity contribution is 5.85. The molecule has 5 heteroatoms. The van der Waals surface area contributed by atoms with E-state index in [1.165, 1.54) is 0 Å². The molecule has 76 valence electrons. The molecule has 0 spiro atoms. The van der Waals surface area contributed by atoms with Crippen molar-refractivity contribution in [3.8, 4) is 0 Å². The van der Waals surface area contributed by atoms with Crippen molar-refractivity contribution in [1.29, 1.82) is 0 Å². The van der Waals surface area contributed by atoms with Crippen LogP contribution in [0.15, 0.2) is 5.16 Å². The van der Waals surface area contributed by atoms with Crippen LogP contribution in [-0.2, 0) is 4.74 Å². The van der Waals surface area contributed by atoms with Gasteiger partial charge in [-0.15, -0.1) is 0 Å². The Labute approximate surface area is 77.9 Å². The Morgan fingerprint density at radius 2 is 2.62 bits per heavy atom. The summed E-state index contributed by atoms with van der Waals surface area (Å²) in [5, 5.41) is 14.8. The first-order valence-corrected chi connectivity index (χ1v) is 4.59. The molecule has 0 aromatic rings. The molecule has 0 aromatic carbocycles. The number of rotatable bonds is 4. The Morgan fingerprint density at radius 1 is 1.85 bits per heavy atom. The van der Waals surface area contributed by atoms with Gasteiger partial charge in [0.2, 0.25) is 0 Å². The van der Waals surface area contributed by atoms with Gasteiger partial charge < -0.3 is 21.0 Å². The van der Waals surface area contributed by atoms with Crippen LogP contribution in [0.4, 0.5) is 0 Å². The van der Waals surface area contributed by atoms with E-state index < -0.39 is 0 Å². The number of oxime groups is 1. The summed E-state index contributed by atoms with van der Waals surface area (Å²) in [5.41, 5.74) is 5.50. The topological polar surface area (TPSA) is 79.9 Å². The fourth-order valence-electron chi connectivity index (χ4n) is 1.43. The molecule has 0 radical (unpaired) electrons. The van der Waals surface area contributed by atoms with Crippen molar-refractivity contribution in [3.63, 3.8) is 0 Å². The SMILES string of the molecule is CCC(NC1CCOC1)C(N)=NO. The Bertz CT molecular complexity index is 178. The number of ether oxygens (including phenoxy) is 1. The van der Waals surface area contributed by atoms with E-state index in [2.05, 4.69) is 10.5 Å². The molecule has 1 aliphatic rings. The van der Waals surface area contributed by atoms with E-state index in [4.69, 9.17) is 15.7 Å². The van der Waals surface area contributed by atoms with Crippen LogP contribution < -0.4 is 11.1 Å². The molecule has 1 heterocycles. The van der Waals surface area contributed by atoms with Gasteiger partial charge in [0.1, 0.15) is 0 Å². The number of nitrogens with one attached hydrogen (secondary N) is 1. The first-order chi connectivity index (χ1) is 6.27. The van der Waals surface area contributed by atoms with Crippen LogP contribution in [0.1, 0.15) is 19.8 Å². The van der Waals surface area contributed by atoms with E-state index in [9.17, 15) is 0 Å². The van der Waals surface area contributed by atoms with Crippen molar-refractivity contribution < 1.29 is 9.94 Å². The summed E-state index contributed by atoms with van der Waals surface area (Å²) in [5.74, 6) is 0.245. The first-order valence-electron chi connectivity index (χ1n) is 4.59. The Hall–Kier alpha value is -0.810. The van der Waals surface area contributed by atoms with Crippen molar-refractivity contribution in [2.45, 2.75) is 31.8 Å². The Balaban J connectivity index is 2.38. The molecule has 2 atom stereocenters. The van der Waals surface area contributed by atoms with Gasteiger partial charge in [0.05, 0.1) is 12.6 Å². The third-order valence-corrected chi connectivity index (χ3v) is 2.25. The maximum Gasteiger partial charge on any atom is 0.156 e. The van der Waals surface area contributed by atoms with Crippen LogP contribution in [0.3, 0.4) is 0 Å². The largest absolute Gasteiger partial charge is 0.409 e. The molecule has 0 amide bonds. The van der Waals surface area contributed by atoms with E-state index in [0.717, 1.165) is 26.1 Å². The lowest BCUT2D eigenvalue weighted by Crippen LogP contribution is -2.46. The second-order valence-electron chi connectivity index (χ2n) is 3.21. The molecule has 0 aliphatic carbocycles. The number of amidine groups is 1. The molecular formula is C8H17N3O2. The van der Waals surface area contributed by atoms with Gasteiger partial charge in [0.15, 0.2) is 5.84 Å². The standard InChI is InChI=1S/C8H17N3O2/c1-2-7(8(9)11-12)10-6-3-4-13-5-6/h6-7,10,12H,2-5H2,1H3,(H2,9,11). The minimum atomic E-state index is -0.0447. The molecule has 0 bridgehead atoms. The molecule has 13 heavy (non-hydrogen) atoms. The van der Waals surface area contributed by atoms with Gasteiger partial charge in [0.25, 0.3) is 0 Å². The molecule has 1 aliphatic heterocycles. The maximum absolute atomic E-state index is 8.50. The van der Waals surface area contributed by atoms with E-state index in [1.807, 2.05) is 6.92 Å². The lowest BCUT2D eigenvalue weighted by atomic mass is 10.1. The van der Waals surface area contributed by atoms with E-state index >= 15 is 0 Å². The second kappa shape index (κ2) is 5.04. The van der Waals surface area contributed by atoms with E-state index in [0.29, 0.717) is 6.04 Å². The summed E-state index contributed by atoms with van der Waals surface area (Å²) in [4.78, 5) is 0. The summed E-state index contributed by atoms with van der Waals surface area (Å²) in [7, 11) is 0. The highest BCUT2D eigenvalue weighted by atomic mass is 16.5. The summed E-state index contributed by atoms with van der Waals surface area (Å²) in [6.07, 6.45) is 1.81. The lowest BCUT2D eigenvalue weighted by molar-refractivity contribution is 0.189. The van der Waals surface area contributed by atoms with Gasteiger partial charge >= 0.3 is 0 Å². The third-order valence-electron chi connectivity index (χ3n) is 2.25. The molecule has 1 rings (SSSR count). The maximum atomic E-state index is 8.50. The molecule has 0 saturated carbocycles. The predicted octanol–water partition coefficient (Wildman–Crippen LogP) is -0.110. The second-order valence-corrected chi connectivity index (χ2v) is 3.21. The average molecular weight is 187 g/mol. The number of hydrogen-bond donors (Lipinski definition) is 3. The van der Waals surface area contributed by atoms with Gasteiger partial charge in [-0.1, -0.05) is 12.1 Å². The highest BCUT2D eigenvalue weighted by Crippen LogP contribution is 2.05. The summed E-state index contributed by atoms with van der Waals surface area (Å²) in [6.45, 7) is 3.50. The van der Waals surface area contributed by atoms with Gasteiger partial charge in [-0.25, -0.2) is 0 Å². The van der Waals surface area contributed by atoms with Gasteiger partial charge in [0, 0.05) is 12.6 Å². The van der Waals surface area contributed by atoms with Crippen molar-refractivity contribution in [3.05, 3.63) is 0 Å². The monoisotopic (exact) mass is 187 g/mol. The smallest absolute Gasteiger partial charge is 0.156 e. The van der Waals surface area contributed by atoms with Gasteiger partial charge in [-0.2, -0.15) is 0 Å². The van der Waals surface area contributed by atoms with Gasteiger partial charge in [-0.05, 0) is 12.8 Å². The average Bonchev–Trinajstić information content (AvgIpc) is 2.65. The summed E-state index contributed by atoms with van der Waals surface area (Å²) >= 11 is 0. The van der Waals surface area contributed by atoms with Gasteiger partial charge in [-0.3, -0.25) is 0 Å². The number of nitrogens with two attached hydrogens (primary N) is 1. The zero-order chi connectivity index (χ0) is 9.68. The first kappa shape index (κ1) is 10.3. The fourth-order valence-corrected chi connectivity index (χ4v) is 1.43. The van der Waals surface area contributed by atoms with E-state index in [-0.39, 0.29) is 11.9 Å². The summed E-state index contributed by atoms with van der Waals surface area (Å²) in [6, 6.07) is 0.293. The zero-order valence-corrected chi connectivity index (χ0v) is 7.86. The van der Waals surface area contributed by atoms with Crippen LogP contribution in [0.5, 0.6) is 0 Å². The molecule has 1 saturated heterocycles. The molecule has 2 unspecified atom stereocenters. The van der Waals surface area contributed by atoms with Crippen LogP contribution in [0, 0.1) is 0 Å². The fraction of sp³-hybridized carbons (Fsp3) is 0.875. The minimum Gasteiger partial charge on any atom is -0.409 e. The molecular weight excluding hydrogens is 170 g/mol. The van der Waals surface area contributed by atoms with Crippen LogP contribution >= 0.6 is 0 Å². The Morgan fingerprint density at radius 3 is 3.08 bits per heavy atom. The Kier molecular flexibility index (Phi) is 3.98. The molecule has 5 nitrogen and oxygen atoms in total. The third kappa shape index (κ3) is 2.86. The number of nitrogens with zero attached hydrogens (tertiary/aromatic N) is 1. The number of hydrogen-bond acceptors (Lipinski definition) is 4. The normalized spacial score (nSPS) is 26.2. The van der Waals surface area contributed by atoms with Crippen molar-refractivity contribution in [1.82, 2.24) is 5.32 Å². The highest BCUT2D eigenvalue weighted by Gasteiger charge is 2.20. The van der Waals surface area contributed by atoms with Crippen LogP contribution in [0.25, 0.3) is 0 Å². The van der Waals surface area contributed by atoms with Crippen molar-refractivity contribution in [2.75, 3.05) is 13.2 Å². The summed E-state index contributed by atoms with van der Waals surface area (Å²) < 4.78 is 5.21. The van der Waals surface area contributed by atoms with Crippen LogP contribution in [0.2, 0.25) is 0 Å². The van der Waals surface area contributed by atoms with E-state index in [1.54, 1.807) is 0 Å². The van der Waals surface area contributed by atoms with Crippen molar-refractivity contribution in [2.24, 2.45) is 10.9 Å². The van der Waals surface area contributed by atoms with Crippen molar-refractivity contribution >= 4 is 5.84 Å².